The first-order valence-electron chi connectivity index (χ1n) is 7.83. The summed E-state index contributed by atoms with van der Waals surface area (Å²) in [6, 6.07) is 12.5. The first kappa shape index (κ1) is 17.8. The maximum atomic E-state index is 13.6. The van der Waals surface area contributed by atoms with E-state index in [0.717, 1.165) is 16.1 Å². The zero-order chi connectivity index (χ0) is 18.5. The van der Waals surface area contributed by atoms with Crippen LogP contribution in [0.3, 0.4) is 0 Å². The fourth-order valence-corrected chi connectivity index (χ4v) is 2.89. The van der Waals surface area contributed by atoms with E-state index in [2.05, 4.69) is 15.5 Å². The number of hydrogen-bond acceptors (Lipinski definition) is 6. The van der Waals surface area contributed by atoms with Gasteiger partial charge in [-0.05, 0) is 43.7 Å². The minimum Gasteiger partial charge on any atom is -0.423 e. The van der Waals surface area contributed by atoms with Crippen LogP contribution in [0.2, 0.25) is 0 Å². The van der Waals surface area contributed by atoms with Crippen LogP contribution in [0.1, 0.15) is 26.5 Å². The quantitative estimate of drug-likeness (QED) is 0.310. The number of benzene rings is 2. The SMILES string of the molecule is Cc1nc(N/N=C/c2cccc(OC(=O)c3ccccc3F)c2)sc1C. The lowest BCUT2D eigenvalue weighted by Crippen LogP contribution is -2.10. The third-order valence-electron chi connectivity index (χ3n) is 3.56. The van der Waals surface area contributed by atoms with Crippen molar-refractivity contribution in [2.75, 3.05) is 5.43 Å². The smallest absolute Gasteiger partial charge is 0.346 e. The van der Waals surface area contributed by atoms with Gasteiger partial charge in [-0.1, -0.05) is 24.3 Å². The largest absolute Gasteiger partial charge is 0.423 e. The molecule has 1 heterocycles. The van der Waals surface area contributed by atoms with Crippen LogP contribution >= 0.6 is 11.3 Å². The predicted octanol–water partition coefficient (Wildman–Crippen LogP) is 4.56. The van der Waals surface area contributed by atoms with E-state index < -0.39 is 11.8 Å². The lowest BCUT2D eigenvalue weighted by Gasteiger charge is -2.05. The number of ether oxygens (including phenoxy) is 1. The number of rotatable bonds is 5. The summed E-state index contributed by atoms with van der Waals surface area (Å²) in [7, 11) is 0. The van der Waals surface area contributed by atoms with E-state index in [4.69, 9.17) is 4.74 Å². The van der Waals surface area contributed by atoms with E-state index in [1.165, 1.54) is 29.5 Å². The van der Waals surface area contributed by atoms with Gasteiger partial charge in [0.25, 0.3) is 0 Å². The maximum absolute atomic E-state index is 13.6. The third-order valence-corrected chi connectivity index (χ3v) is 4.54. The molecule has 1 aromatic heterocycles. The van der Waals surface area contributed by atoms with Crippen molar-refractivity contribution in [2.45, 2.75) is 13.8 Å². The highest BCUT2D eigenvalue weighted by atomic mass is 32.1. The maximum Gasteiger partial charge on any atom is 0.346 e. The summed E-state index contributed by atoms with van der Waals surface area (Å²) < 4.78 is 18.9. The Morgan fingerprint density at radius 3 is 2.77 bits per heavy atom. The summed E-state index contributed by atoms with van der Waals surface area (Å²) in [5.41, 5.74) is 4.45. The van der Waals surface area contributed by atoms with Crippen molar-refractivity contribution in [1.82, 2.24) is 4.98 Å². The van der Waals surface area contributed by atoms with Crippen LogP contribution in [-0.4, -0.2) is 17.2 Å². The molecule has 0 spiro atoms. The van der Waals surface area contributed by atoms with E-state index in [-0.39, 0.29) is 5.56 Å². The number of thiazole rings is 1. The standard InChI is InChI=1S/C19H16FN3O2S/c1-12-13(2)26-19(22-12)23-21-11-14-6-5-7-15(10-14)25-18(24)16-8-3-4-9-17(16)20/h3-11H,1-2H3,(H,22,23)/b21-11+. The Balaban J connectivity index is 1.67. The summed E-state index contributed by atoms with van der Waals surface area (Å²) >= 11 is 1.52. The molecule has 0 atom stereocenters. The van der Waals surface area contributed by atoms with Gasteiger partial charge in [-0.3, -0.25) is 5.43 Å². The highest BCUT2D eigenvalue weighted by Crippen LogP contribution is 2.21. The fraction of sp³-hybridized carbons (Fsp3) is 0.105. The first-order valence-corrected chi connectivity index (χ1v) is 8.64. The van der Waals surface area contributed by atoms with Crippen molar-refractivity contribution < 1.29 is 13.9 Å². The molecule has 3 rings (SSSR count). The van der Waals surface area contributed by atoms with Crippen LogP contribution in [0, 0.1) is 19.7 Å². The van der Waals surface area contributed by atoms with E-state index in [9.17, 15) is 9.18 Å². The number of anilines is 1. The molecule has 132 valence electrons. The Hall–Kier alpha value is -3.06. The summed E-state index contributed by atoms with van der Waals surface area (Å²) in [5, 5.41) is 4.84. The van der Waals surface area contributed by atoms with Crippen LogP contribution in [-0.2, 0) is 0 Å². The van der Waals surface area contributed by atoms with Gasteiger partial charge in [-0.2, -0.15) is 5.10 Å². The molecule has 1 N–H and O–H groups in total. The molecule has 0 saturated carbocycles. The molecule has 0 bridgehead atoms. The van der Waals surface area contributed by atoms with Gasteiger partial charge in [-0.15, -0.1) is 11.3 Å². The number of hydrazone groups is 1. The van der Waals surface area contributed by atoms with E-state index in [1.807, 2.05) is 19.9 Å². The van der Waals surface area contributed by atoms with Crippen molar-refractivity contribution in [1.29, 1.82) is 0 Å². The van der Waals surface area contributed by atoms with Gasteiger partial charge < -0.3 is 4.74 Å². The first-order chi connectivity index (χ1) is 12.5. The lowest BCUT2D eigenvalue weighted by atomic mass is 10.2. The zero-order valence-electron chi connectivity index (χ0n) is 14.2. The molecular formula is C19H16FN3O2S. The van der Waals surface area contributed by atoms with Crippen LogP contribution < -0.4 is 10.2 Å². The van der Waals surface area contributed by atoms with Gasteiger partial charge in [-0.25, -0.2) is 14.2 Å². The average molecular weight is 369 g/mol. The number of aryl methyl sites for hydroxylation is 2. The molecule has 0 amide bonds. The number of aromatic nitrogens is 1. The van der Waals surface area contributed by atoms with Crippen LogP contribution in [0.5, 0.6) is 5.75 Å². The Labute approximate surface area is 154 Å². The van der Waals surface area contributed by atoms with Gasteiger partial charge >= 0.3 is 5.97 Å². The van der Waals surface area contributed by atoms with E-state index in [1.54, 1.807) is 30.5 Å². The third kappa shape index (κ3) is 4.31. The zero-order valence-corrected chi connectivity index (χ0v) is 15.0. The minimum absolute atomic E-state index is 0.109. The van der Waals surface area contributed by atoms with Crippen molar-refractivity contribution in [3.8, 4) is 5.75 Å². The van der Waals surface area contributed by atoms with Crippen molar-refractivity contribution in [2.24, 2.45) is 5.10 Å². The highest BCUT2D eigenvalue weighted by molar-refractivity contribution is 7.15. The second-order valence-electron chi connectivity index (χ2n) is 5.47. The van der Waals surface area contributed by atoms with Gasteiger partial charge in [0.2, 0.25) is 5.13 Å². The monoisotopic (exact) mass is 369 g/mol. The van der Waals surface area contributed by atoms with Crippen molar-refractivity contribution in [3.63, 3.8) is 0 Å². The molecule has 0 aliphatic carbocycles. The van der Waals surface area contributed by atoms with Crippen molar-refractivity contribution >= 4 is 28.7 Å². The molecule has 26 heavy (non-hydrogen) atoms. The van der Waals surface area contributed by atoms with Crippen molar-refractivity contribution in [3.05, 3.63) is 76.0 Å². The second kappa shape index (κ2) is 7.88. The topological polar surface area (TPSA) is 63.6 Å². The van der Waals surface area contributed by atoms with Crippen LogP contribution in [0.25, 0.3) is 0 Å². The fourth-order valence-electron chi connectivity index (χ4n) is 2.13. The number of esters is 1. The molecule has 7 heteroatoms. The molecular weight excluding hydrogens is 353 g/mol. The van der Waals surface area contributed by atoms with E-state index >= 15 is 0 Å². The number of carbonyl (C=O) groups excluding carboxylic acids is 1. The molecule has 0 saturated heterocycles. The Morgan fingerprint density at radius 1 is 1.23 bits per heavy atom. The molecule has 0 fully saturated rings. The molecule has 0 aliphatic rings. The van der Waals surface area contributed by atoms with Gasteiger partial charge in [0.15, 0.2) is 0 Å². The minimum atomic E-state index is -0.746. The van der Waals surface area contributed by atoms with Crippen LogP contribution in [0.15, 0.2) is 53.6 Å². The van der Waals surface area contributed by atoms with Gasteiger partial charge in [0.05, 0.1) is 17.5 Å². The molecule has 5 nitrogen and oxygen atoms in total. The summed E-state index contributed by atoms with van der Waals surface area (Å²) in [6.07, 6.45) is 1.59. The van der Waals surface area contributed by atoms with Crippen LogP contribution in [0.4, 0.5) is 9.52 Å². The van der Waals surface area contributed by atoms with Gasteiger partial charge in [0, 0.05) is 4.88 Å². The molecule has 2 aromatic carbocycles. The number of carbonyl (C=O) groups is 1. The lowest BCUT2D eigenvalue weighted by molar-refractivity contribution is 0.0730. The Morgan fingerprint density at radius 2 is 2.04 bits per heavy atom. The highest BCUT2D eigenvalue weighted by Gasteiger charge is 2.13. The predicted molar refractivity (Wildman–Crippen MR) is 101 cm³/mol. The molecule has 0 radical (unpaired) electrons. The molecule has 0 aliphatic heterocycles. The number of nitrogens with one attached hydrogen (secondary N) is 1. The summed E-state index contributed by atoms with van der Waals surface area (Å²) in [5.74, 6) is -1.05. The summed E-state index contributed by atoms with van der Waals surface area (Å²) in [4.78, 5) is 17.5. The Bertz CT molecular complexity index is 949. The Kier molecular flexibility index (Phi) is 5.38. The van der Waals surface area contributed by atoms with Gasteiger partial charge in [0.1, 0.15) is 11.6 Å². The second-order valence-corrected chi connectivity index (χ2v) is 6.68. The molecule has 3 aromatic rings. The molecule has 0 unspecified atom stereocenters. The van der Waals surface area contributed by atoms with E-state index in [0.29, 0.717) is 10.9 Å². The number of nitrogens with zero attached hydrogens (tertiary/aromatic N) is 2. The average Bonchev–Trinajstić information content (AvgIpc) is 2.93. The summed E-state index contributed by atoms with van der Waals surface area (Å²) in [6.45, 7) is 3.93. The number of hydrogen-bond donors (Lipinski definition) is 1. The normalized spacial score (nSPS) is 10.9. The number of halogens is 1.